The van der Waals surface area contributed by atoms with Gasteiger partial charge in [-0.2, -0.15) is 0 Å². The van der Waals surface area contributed by atoms with Crippen molar-refractivity contribution >= 4 is 38.4 Å². The Labute approximate surface area is 134 Å². The van der Waals surface area contributed by atoms with Gasteiger partial charge in [-0.1, -0.05) is 18.2 Å². The van der Waals surface area contributed by atoms with Gasteiger partial charge in [0.25, 0.3) is 0 Å². The summed E-state index contributed by atoms with van der Waals surface area (Å²) in [5, 5.41) is 3.23. The monoisotopic (exact) mass is 331 g/mol. The normalized spacial score (nSPS) is 11.6. The lowest BCUT2D eigenvalue weighted by atomic mass is 10.2. The third kappa shape index (κ3) is 3.11. The Hall–Kier alpha value is -2.61. The molecule has 0 radical (unpaired) electrons. The highest BCUT2D eigenvalue weighted by Gasteiger charge is 2.17. The molecule has 7 nitrogen and oxygen atoms in total. The molecule has 0 aliphatic carbocycles. The standard InChI is InChI=1S/C15H17N5O2S/c1-10-12(17-11-7-5-4-6-8-11)14(19-23(3,21)22)18-15-13(10)16-9-20(15)2/h4-9,17H,1-3H3,(H,18,19). The van der Waals surface area contributed by atoms with Crippen LogP contribution in [0.5, 0.6) is 0 Å². The number of anilines is 3. The molecule has 0 amide bonds. The van der Waals surface area contributed by atoms with Crippen molar-refractivity contribution < 1.29 is 8.42 Å². The molecule has 23 heavy (non-hydrogen) atoms. The Morgan fingerprint density at radius 1 is 1.17 bits per heavy atom. The van der Waals surface area contributed by atoms with Crippen LogP contribution in [0.2, 0.25) is 0 Å². The Bertz CT molecular complexity index is 964. The number of imidazole rings is 1. The fourth-order valence-electron chi connectivity index (χ4n) is 2.35. The summed E-state index contributed by atoms with van der Waals surface area (Å²) in [5.74, 6) is 0.255. The predicted octanol–water partition coefficient (Wildman–Crippen LogP) is 2.39. The van der Waals surface area contributed by atoms with Crippen LogP contribution in [-0.2, 0) is 17.1 Å². The Morgan fingerprint density at radius 2 is 1.87 bits per heavy atom. The number of hydrogen-bond acceptors (Lipinski definition) is 5. The zero-order valence-corrected chi connectivity index (χ0v) is 13.8. The molecule has 3 rings (SSSR count). The van der Waals surface area contributed by atoms with E-state index in [0.717, 1.165) is 23.0 Å². The van der Waals surface area contributed by atoms with Crippen LogP contribution in [0.3, 0.4) is 0 Å². The highest BCUT2D eigenvalue weighted by Crippen LogP contribution is 2.32. The maximum Gasteiger partial charge on any atom is 0.231 e. The minimum Gasteiger partial charge on any atom is -0.352 e. The molecule has 2 heterocycles. The zero-order chi connectivity index (χ0) is 16.6. The average molecular weight is 331 g/mol. The maximum atomic E-state index is 11.7. The van der Waals surface area contributed by atoms with E-state index in [4.69, 9.17) is 0 Å². The molecule has 0 aliphatic heterocycles. The van der Waals surface area contributed by atoms with Crippen molar-refractivity contribution in [2.75, 3.05) is 16.3 Å². The first-order chi connectivity index (χ1) is 10.8. The summed E-state index contributed by atoms with van der Waals surface area (Å²) in [6.45, 7) is 1.88. The molecule has 0 bridgehead atoms. The Kier molecular flexibility index (Phi) is 3.69. The van der Waals surface area contributed by atoms with E-state index in [0.29, 0.717) is 11.3 Å². The first-order valence-electron chi connectivity index (χ1n) is 6.96. The number of aromatic nitrogens is 3. The Morgan fingerprint density at radius 3 is 2.52 bits per heavy atom. The van der Waals surface area contributed by atoms with E-state index >= 15 is 0 Å². The molecule has 0 spiro atoms. The number of hydrogen-bond donors (Lipinski definition) is 2. The van der Waals surface area contributed by atoms with E-state index < -0.39 is 10.0 Å². The number of fused-ring (bicyclic) bond motifs is 1. The summed E-state index contributed by atoms with van der Waals surface area (Å²) in [7, 11) is -1.64. The third-order valence-electron chi connectivity index (χ3n) is 3.42. The van der Waals surface area contributed by atoms with Gasteiger partial charge in [0.1, 0.15) is 5.52 Å². The van der Waals surface area contributed by atoms with Crippen LogP contribution in [0.15, 0.2) is 36.7 Å². The second-order valence-corrected chi connectivity index (χ2v) is 7.10. The number of pyridine rings is 1. The van der Waals surface area contributed by atoms with Gasteiger partial charge in [0.2, 0.25) is 10.0 Å². The highest BCUT2D eigenvalue weighted by molar-refractivity contribution is 7.92. The third-order valence-corrected chi connectivity index (χ3v) is 3.98. The second kappa shape index (κ2) is 5.54. The number of para-hydroxylation sites is 1. The van der Waals surface area contributed by atoms with Crippen molar-refractivity contribution in [3.63, 3.8) is 0 Å². The predicted molar refractivity (Wildman–Crippen MR) is 91.4 cm³/mol. The summed E-state index contributed by atoms with van der Waals surface area (Å²) in [4.78, 5) is 8.77. The first-order valence-corrected chi connectivity index (χ1v) is 8.86. The molecular formula is C15H17N5O2S. The lowest BCUT2D eigenvalue weighted by molar-refractivity contribution is 0.606. The van der Waals surface area contributed by atoms with Crippen LogP contribution < -0.4 is 10.0 Å². The summed E-state index contributed by atoms with van der Waals surface area (Å²) in [6, 6.07) is 9.49. The van der Waals surface area contributed by atoms with E-state index in [-0.39, 0.29) is 5.82 Å². The van der Waals surface area contributed by atoms with E-state index in [9.17, 15) is 8.42 Å². The van der Waals surface area contributed by atoms with Gasteiger partial charge in [-0.05, 0) is 19.1 Å². The van der Waals surface area contributed by atoms with E-state index in [1.807, 2.05) is 44.3 Å². The van der Waals surface area contributed by atoms with Crippen molar-refractivity contribution in [3.05, 3.63) is 42.2 Å². The highest BCUT2D eigenvalue weighted by atomic mass is 32.2. The molecule has 3 aromatic rings. The van der Waals surface area contributed by atoms with Gasteiger partial charge in [0, 0.05) is 18.3 Å². The fraction of sp³-hybridized carbons (Fsp3) is 0.200. The van der Waals surface area contributed by atoms with Crippen molar-refractivity contribution in [2.45, 2.75) is 6.92 Å². The first kappa shape index (κ1) is 15.3. The van der Waals surface area contributed by atoms with Gasteiger partial charge in [-0.15, -0.1) is 0 Å². The number of aryl methyl sites for hydroxylation is 2. The number of benzene rings is 1. The number of sulfonamides is 1. The van der Waals surface area contributed by atoms with Crippen LogP contribution >= 0.6 is 0 Å². The number of nitrogens with one attached hydrogen (secondary N) is 2. The quantitative estimate of drug-likeness (QED) is 0.766. The molecule has 0 saturated heterocycles. The molecule has 2 N–H and O–H groups in total. The lowest BCUT2D eigenvalue weighted by Crippen LogP contribution is -2.13. The Balaban J connectivity index is 2.20. The molecule has 8 heteroatoms. The summed E-state index contributed by atoms with van der Waals surface area (Å²) >= 11 is 0. The largest absolute Gasteiger partial charge is 0.352 e. The fourth-order valence-corrected chi connectivity index (χ4v) is 2.85. The van der Waals surface area contributed by atoms with Gasteiger partial charge in [0.05, 0.1) is 18.3 Å². The van der Waals surface area contributed by atoms with Crippen LogP contribution in [0.25, 0.3) is 11.2 Å². The van der Waals surface area contributed by atoms with Crippen LogP contribution in [0.4, 0.5) is 17.2 Å². The van der Waals surface area contributed by atoms with Gasteiger partial charge in [-0.3, -0.25) is 4.72 Å². The van der Waals surface area contributed by atoms with Crippen LogP contribution in [0, 0.1) is 6.92 Å². The average Bonchev–Trinajstić information content (AvgIpc) is 2.84. The van der Waals surface area contributed by atoms with Gasteiger partial charge in [-0.25, -0.2) is 18.4 Å². The summed E-state index contributed by atoms with van der Waals surface area (Å²) in [5.41, 5.74) is 3.60. The molecule has 0 saturated carbocycles. The topological polar surface area (TPSA) is 88.9 Å². The SMILES string of the molecule is Cc1c(Nc2ccccc2)c(NS(C)(=O)=O)nc2c1ncn2C. The minimum absolute atomic E-state index is 0.255. The molecule has 0 atom stereocenters. The van der Waals surface area contributed by atoms with Crippen LogP contribution in [0.1, 0.15) is 5.56 Å². The van der Waals surface area contributed by atoms with E-state index in [1.54, 1.807) is 10.9 Å². The van der Waals surface area contributed by atoms with Crippen molar-refractivity contribution in [2.24, 2.45) is 7.05 Å². The molecular weight excluding hydrogens is 314 g/mol. The van der Waals surface area contributed by atoms with Crippen molar-refractivity contribution in [1.29, 1.82) is 0 Å². The lowest BCUT2D eigenvalue weighted by Gasteiger charge is -2.15. The van der Waals surface area contributed by atoms with E-state index in [2.05, 4.69) is 20.0 Å². The number of nitrogens with zero attached hydrogens (tertiary/aromatic N) is 3. The summed E-state index contributed by atoms with van der Waals surface area (Å²) in [6.07, 6.45) is 2.75. The molecule has 2 aromatic heterocycles. The molecule has 1 aromatic carbocycles. The second-order valence-electron chi connectivity index (χ2n) is 5.35. The molecule has 0 unspecified atom stereocenters. The van der Waals surface area contributed by atoms with Crippen molar-refractivity contribution in [3.8, 4) is 0 Å². The van der Waals surface area contributed by atoms with Gasteiger partial charge >= 0.3 is 0 Å². The summed E-state index contributed by atoms with van der Waals surface area (Å²) < 4.78 is 27.6. The van der Waals surface area contributed by atoms with Crippen LogP contribution in [-0.4, -0.2) is 29.2 Å². The molecule has 120 valence electrons. The minimum atomic E-state index is -3.46. The molecule has 0 aliphatic rings. The van der Waals surface area contributed by atoms with Crippen molar-refractivity contribution in [1.82, 2.24) is 14.5 Å². The zero-order valence-electron chi connectivity index (χ0n) is 13.0. The van der Waals surface area contributed by atoms with Gasteiger partial charge in [0.15, 0.2) is 11.5 Å². The molecule has 0 fully saturated rings. The maximum absolute atomic E-state index is 11.7. The van der Waals surface area contributed by atoms with E-state index in [1.165, 1.54) is 0 Å². The smallest absolute Gasteiger partial charge is 0.231 e. The number of rotatable bonds is 4. The van der Waals surface area contributed by atoms with Gasteiger partial charge < -0.3 is 9.88 Å².